The Morgan fingerprint density at radius 1 is 1.09 bits per heavy atom. The molecule has 0 fully saturated rings. The van der Waals surface area contributed by atoms with Crippen molar-refractivity contribution in [3.63, 3.8) is 0 Å². The Hall–Kier alpha value is -2.34. The van der Waals surface area contributed by atoms with Gasteiger partial charge in [-0.15, -0.1) is 0 Å². The van der Waals surface area contributed by atoms with Crippen molar-refractivity contribution in [3.8, 4) is 16.9 Å². The smallest absolute Gasteiger partial charge is 0.325 e. The minimum Gasteiger partial charge on any atom is -0.496 e. The van der Waals surface area contributed by atoms with E-state index in [0.717, 1.165) is 28.7 Å². The minimum absolute atomic E-state index is 0.463. The van der Waals surface area contributed by atoms with Crippen LogP contribution >= 0.6 is 0 Å². The third kappa shape index (κ3) is 4.08. The second kappa shape index (κ2) is 6.62. The minimum atomic E-state index is -3.61. The highest BCUT2D eigenvalue weighted by atomic mass is 32.2. The maximum absolute atomic E-state index is 11.0. The molecule has 0 aromatic heterocycles. The Bertz CT molecular complexity index is 783. The first-order valence-corrected chi connectivity index (χ1v) is 8.39. The van der Waals surface area contributed by atoms with Gasteiger partial charge in [0.15, 0.2) is 0 Å². The van der Waals surface area contributed by atoms with Crippen LogP contribution in [-0.4, -0.2) is 27.5 Å². The molecule has 6 heteroatoms. The Morgan fingerprint density at radius 2 is 1.77 bits per heavy atom. The number of oxime groups is 1. The highest BCUT2D eigenvalue weighted by molar-refractivity contribution is 7.85. The van der Waals surface area contributed by atoms with Gasteiger partial charge < -0.3 is 4.74 Å². The normalized spacial score (nSPS) is 12.0. The van der Waals surface area contributed by atoms with Crippen molar-refractivity contribution >= 4 is 15.8 Å². The van der Waals surface area contributed by atoms with E-state index >= 15 is 0 Å². The first kappa shape index (κ1) is 16.0. The molecule has 0 heterocycles. The molecule has 22 heavy (non-hydrogen) atoms. The van der Waals surface area contributed by atoms with E-state index in [9.17, 15) is 8.42 Å². The third-order valence-corrected chi connectivity index (χ3v) is 3.36. The molecule has 0 aliphatic heterocycles. The molecule has 116 valence electrons. The van der Waals surface area contributed by atoms with Crippen molar-refractivity contribution < 1.29 is 17.4 Å². The molecule has 0 unspecified atom stereocenters. The van der Waals surface area contributed by atoms with Crippen LogP contribution < -0.4 is 4.74 Å². The van der Waals surface area contributed by atoms with Crippen LogP contribution in [-0.2, 0) is 14.4 Å². The molecule has 0 amide bonds. The first-order chi connectivity index (χ1) is 10.4. The molecular weight excluding hydrogens is 302 g/mol. The molecule has 0 radical (unpaired) electrons. The molecule has 0 spiro atoms. The van der Waals surface area contributed by atoms with Crippen molar-refractivity contribution in [2.45, 2.75) is 6.92 Å². The number of hydrogen-bond acceptors (Lipinski definition) is 5. The van der Waals surface area contributed by atoms with Crippen molar-refractivity contribution in [2.24, 2.45) is 5.16 Å². The molecule has 0 aliphatic rings. The lowest BCUT2D eigenvalue weighted by Gasteiger charge is -2.11. The zero-order chi connectivity index (χ0) is 16.2. The van der Waals surface area contributed by atoms with Gasteiger partial charge in [0.2, 0.25) is 0 Å². The molecule has 2 aromatic rings. The zero-order valence-corrected chi connectivity index (χ0v) is 13.4. The van der Waals surface area contributed by atoms with Gasteiger partial charge in [-0.05, 0) is 36.2 Å². The van der Waals surface area contributed by atoms with E-state index in [4.69, 9.17) is 4.74 Å². The van der Waals surface area contributed by atoms with Gasteiger partial charge in [0, 0.05) is 5.56 Å². The zero-order valence-electron chi connectivity index (χ0n) is 12.6. The van der Waals surface area contributed by atoms with E-state index in [1.165, 1.54) is 0 Å². The maximum atomic E-state index is 11.0. The fourth-order valence-corrected chi connectivity index (χ4v) is 2.20. The van der Waals surface area contributed by atoms with E-state index < -0.39 is 10.1 Å². The highest BCUT2D eigenvalue weighted by Crippen LogP contribution is 2.30. The molecular formula is C16H17NO4S. The summed E-state index contributed by atoms with van der Waals surface area (Å²) in [4.78, 5) is 0. The number of rotatable bonds is 5. The standard InChI is InChI=1S/C16H17NO4S/c1-12(17-21-22(3,18)19)14-9-10-16(20-2)15(11-14)13-7-5-4-6-8-13/h4-11H,1-3H3. The summed E-state index contributed by atoms with van der Waals surface area (Å²) in [5.74, 6) is 0.729. The van der Waals surface area contributed by atoms with E-state index in [1.807, 2.05) is 42.5 Å². The fourth-order valence-electron chi connectivity index (χ4n) is 1.95. The van der Waals surface area contributed by atoms with Gasteiger partial charge in [0.1, 0.15) is 5.75 Å². The average molecular weight is 319 g/mol. The number of hydrogen-bond donors (Lipinski definition) is 0. The summed E-state index contributed by atoms with van der Waals surface area (Å²) >= 11 is 0. The largest absolute Gasteiger partial charge is 0.496 e. The van der Waals surface area contributed by atoms with E-state index in [-0.39, 0.29) is 0 Å². The van der Waals surface area contributed by atoms with Crippen LogP contribution in [0.2, 0.25) is 0 Å². The Morgan fingerprint density at radius 3 is 2.36 bits per heavy atom. The van der Waals surface area contributed by atoms with Crippen LogP contribution in [0.25, 0.3) is 11.1 Å². The molecule has 5 nitrogen and oxygen atoms in total. The predicted molar refractivity (Wildman–Crippen MR) is 86.6 cm³/mol. The van der Waals surface area contributed by atoms with Crippen molar-refractivity contribution in [2.75, 3.05) is 13.4 Å². The van der Waals surface area contributed by atoms with Crippen LogP contribution in [0.1, 0.15) is 12.5 Å². The maximum Gasteiger partial charge on any atom is 0.325 e. The van der Waals surface area contributed by atoms with Gasteiger partial charge >= 0.3 is 10.1 Å². The molecule has 0 saturated carbocycles. The van der Waals surface area contributed by atoms with Crippen LogP contribution in [0.5, 0.6) is 5.75 Å². The number of ether oxygens (including phenoxy) is 1. The molecule has 0 bridgehead atoms. The summed E-state index contributed by atoms with van der Waals surface area (Å²) in [6, 6.07) is 15.3. The number of nitrogens with zero attached hydrogens (tertiary/aromatic N) is 1. The lowest BCUT2D eigenvalue weighted by atomic mass is 10.0. The Balaban J connectivity index is 2.44. The average Bonchev–Trinajstić information content (AvgIpc) is 2.52. The summed E-state index contributed by atoms with van der Waals surface area (Å²) < 4.78 is 31.9. The van der Waals surface area contributed by atoms with E-state index in [2.05, 4.69) is 9.44 Å². The monoisotopic (exact) mass is 319 g/mol. The lowest BCUT2D eigenvalue weighted by Crippen LogP contribution is -2.02. The van der Waals surface area contributed by atoms with Gasteiger partial charge in [0.05, 0.1) is 19.1 Å². The summed E-state index contributed by atoms with van der Waals surface area (Å²) in [5, 5.41) is 3.64. The predicted octanol–water partition coefficient (Wildman–Crippen LogP) is 3.06. The quantitative estimate of drug-likeness (QED) is 0.627. The molecule has 2 aromatic carbocycles. The van der Waals surface area contributed by atoms with Crippen LogP contribution in [0.4, 0.5) is 0 Å². The summed E-state index contributed by atoms with van der Waals surface area (Å²) in [7, 11) is -2.01. The van der Waals surface area contributed by atoms with Crippen LogP contribution in [0.3, 0.4) is 0 Å². The summed E-state index contributed by atoms with van der Waals surface area (Å²) in [6.45, 7) is 1.68. The van der Waals surface area contributed by atoms with Gasteiger partial charge in [-0.2, -0.15) is 8.42 Å². The molecule has 0 aliphatic carbocycles. The number of benzene rings is 2. The topological polar surface area (TPSA) is 65.0 Å². The molecule has 2 rings (SSSR count). The summed E-state index contributed by atoms with van der Waals surface area (Å²) in [5.41, 5.74) is 3.11. The van der Waals surface area contributed by atoms with Crippen LogP contribution in [0, 0.1) is 0 Å². The third-order valence-electron chi connectivity index (χ3n) is 3.01. The van der Waals surface area contributed by atoms with Crippen LogP contribution in [0.15, 0.2) is 53.7 Å². The highest BCUT2D eigenvalue weighted by Gasteiger charge is 2.09. The lowest BCUT2D eigenvalue weighted by molar-refractivity contribution is 0.343. The van der Waals surface area contributed by atoms with Crippen molar-refractivity contribution in [3.05, 3.63) is 54.1 Å². The van der Waals surface area contributed by atoms with Gasteiger partial charge in [-0.3, -0.25) is 4.28 Å². The second-order valence-electron chi connectivity index (χ2n) is 4.74. The van der Waals surface area contributed by atoms with Crippen molar-refractivity contribution in [1.29, 1.82) is 0 Å². The molecule has 0 saturated heterocycles. The first-order valence-electron chi connectivity index (χ1n) is 6.58. The van der Waals surface area contributed by atoms with Gasteiger partial charge in [-0.25, -0.2) is 0 Å². The molecule has 0 N–H and O–H groups in total. The van der Waals surface area contributed by atoms with Gasteiger partial charge in [0.25, 0.3) is 0 Å². The summed E-state index contributed by atoms with van der Waals surface area (Å²) in [6.07, 6.45) is 0.952. The SMILES string of the molecule is COc1ccc(C(C)=NOS(C)(=O)=O)cc1-c1ccccc1. The van der Waals surface area contributed by atoms with E-state index in [1.54, 1.807) is 20.1 Å². The Kier molecular flexibility index (Phi) is 4.82. The second-order valence-corrected chi connectivity index (χ2v) is 6.29. The van der Waals surface area contributed by atoms with Gasteiger partial charge in [-0.1, -0.05) is 35.5 Å². The van der Waals surface area contributed by atoms with Crippen molar-refractivity contribution in [1.82, 2.24) is 0 Å². The molecule has 0 atom stereocenters. The Labute approximate surface area is 130 Å². The van der Waals surface area contributed by atoms with E-state index in [0.29, 0.717) is 5.71 Å². The fraction of sp³-hybridized carbons (Fsp3) is 0.188. The number of methoxy groups -OCH3 is 1.